The number of carbonyl (C=O) groups excluding carboxylic acids is 3. The SMILES string of the molecule is COc1cc(C[C@H]2COC(=O)[C@H]2[C@@H](OC)c2ccc(OC(C)=O)c(OC)c2)ccc1OC(C)=O. The van der Waals surface area contributed by atoms with Crippen molar-refractivity contribution in [3.63, 3.8) is 0 Å². The number of carbonyl (C=O) groups is 3. The van der Waals surface area contributed by atoms with Crippen molar-refractivity contribution in [2.24, 2.45) is 11.8 Å². The van der Waals surface area contributed by atoms with Gasteiger partial charge in [-0.05, 0) is 41.8 Å². The number of benzene rings is 2. The number of hydrogen-bond acceptors (Lipinski definition) is 9. The third-order valence-electron chi connectivity index (χ3n) is 5.55. The van der Waals surface area contributed by atoms with Crippen LogP contribution in [0, 0.1) is 11.8 Å². The summed E-state index contributed by atoms with van der Waals surface area (Å²) in [4.78, 5) is 35.4. The fourth-order valence-electron chi connectivity index (χ4n) is 4.11. The molecule has 182 valence electrons. The molecule has 0 bridgehead atoms. The Morgan fingerprint density at radius 2 is 1.50 bits per heavy atom. The van der Waals surface area contributed by atoms with Crippen LogP contribution in [-0.4, -0.2) is 45.8 Å². The molecule has 34 heavy (non-hydrogen) atoms. The maximum atomic E-state index is 12.7. The van der Waals surface area contributed by atoms with Gasteiger partial charge in [0.05, 0.1) is 32.8 Å². The minimum atomic E-state index is -0.609. The zero-order valence-corrected chi connectivity index (χ0v) is 19.8. The molecule has 9 nitrogen and oxygen atoms in total. The van der Waals surface area contributed by atoms with Crippen LogP contribution in [0.2, 0.25) is 0 Å². The molecule has 1 saturated heterocycles. The Balaban J connectivity index is 1.87. The van der Waals surface area contributed by atoms with Gasteiger partial charge in [0, 0.05) is 26.9 Å². The van der Waals surface area contributed by atoms with Gasteiger partial charge in [-0.3, -0.25) is 14.4 Å². The van der Waals surface area contributed by atoms with E-state index in [0.717, 1.165) is 5.56 Å². The van der Waals surface area contributed by atoms with E-state index >= 15 is 0 Å². The Bertz CT molecular complexity index is 1060. The minimum Gasteiger partial charge on any atom is -0.493 e. The first-order chi connectivity index (χ1) is 16.3. The monoisotopic (exact) mass is 472 g/mol. The van der Waals surface area contributed by atoms with Crippen molar-refractivity contribution in [2.45, 2.75) is 26.4 Å². The van der Waals surface area contributed by atoms with Crippen LogP contribution < -0.4 is 18.9 Å². The van der Waals surface area contributed by atoms with Crippen molar-refractivity contribution >= 4 is 17.9 Å². The van der Waals surface area contributed by atoms with Gasteiger partial charge in [0.1, 0.15) is 0 Å². The van der Waals surface area contributed by atoms with E-state index in [-0.39, 0.29) is 24.2 Å². The van der Waals surface area contributed by atoms with E-state index in [1.54, 1.807) is 30.3 Å². The summed E-state index contributed by atoms with van der Waals surface area (Å²) in [5.41, 5.74) is 1.57. The molecular weight excluding hydrogens is 444 g/mol. The van der Waals surface area contributed by atoms with Gasteiger partial charge in [0.15, 0.2) is 23.0 Å². The summed E-state index contributed by atoms with van der Waals surface area (Å²) in [6.07, 6.45) is -0.0992. The molecule has 0 spiro atoms. The Kier molecular flexibility index (Phi) is 8.12. The highest BCUT2D eigenvalue weighted by Gasteiger charge is 2.43. The molecule has 3 rings (SSSR count). The maximum Gasteiger partial charge on any atom is 0.312 e. The summed E-state index contributed by atoms with van der Waals surface area (Å²) >= 11 is 0. The Morgan fingerprint density at radius 3 is 2.06 bits per heavy atom. The van der Waals surface area contributed by atoms with E-state index in [9.17, 15) is 14.4 Å². The molecule has 0 unspecified atom stereocenters. The molecule has 0 aliphatic carbocycles. The van der Waals surface area contributed by atoms with Gasteiger partial charge >= 0.3 is 17.9 Å². The molecule has 1 aliphatic rings. The fraction of sp³-hybridized carbons (Fsp3) is 0.400. The van der Waals surface area contributed by atoms with Crippen LogP contribution >= 0.6 is 0 Å². The van der Waals surface area contributed by atoms with Gasteiger partial charge in [-0.2, -0.15) is 0 Å². The van der Waals surface area contributed by atoms with E-state index in [1.807, 2.05) is 6.07 Å². The number of ether oxygens (including phenoxy) is 6. The predicted molar refractivity (Wildman–Crippen MR) is 120 cm³/mol. The van der Waals surface area contributed by atoms with Gasteiger partial charge in [-0.15, -0.1) is 0 Å². The molecule has 1 aliphatic heterocycles. The van der Waals surface area contributed by atoms with E-state index in [0.29, 0.717) is 29.2 Å². The number of cyclic esters (lactones) is 1. The van der Waals surface area contributed by atoms with Crippen molar-refractivity contribution in [3.05, 3.63) is 47.5 Å². The molecule has 0 N–H and O–H groups in total. The molecular formula is C25H28O9. The van der Waals surface area contributed by atoms with Crippen molar-refractivity contribution in [2.75, 3.05) is 27.9 Å². The fourth-order valence-corrected chi connectivity index (χ4v) is 4.11. The maximum absolute atomic E-state index is 12.7. The largest absolute Gasteiger partial charge is 0.493 e. The number of rotatable bonds is 9. The number of hydrogen-bond donors (Lipinski definition) is 0. The van der Waals surface area contributed by atoms with Crippen molar-refractivity contribution in [1.29, 1.82) is 0 Å². The second-order valence-electron chi connectivity index (χ2n) is 7.86. The molecule has 0 amide bonds. The first-order valence-corrected chi connectivity index (χ1v) is 10.7. The first kappa shape index (κ1) is 25.0. The highest BCUT2D eigenvalue weighted by Crippen LogP contribution is 2.41. The van der Waals surface area contributed by atoms with Gasteiger partial charge in [0.25, 0.3) is 0 Å². The summed E-state index contributed by atoms with van der Waals surface area (Å²) in [7, 11) is 4.48. The van der Waals surface area contributed by atoms with Gasteiger partial charge in [0.2, 0.25) is 0 Å². The van der Waals surface area contributed by atoms with Crippen LogP contribution in [0.3, 0.4) is 0 Å². The van der Waals surface area contributed by atoms with E-state index < -0.39 is 24.0 Å². The van der Waals surface area contributed by atoms with Crippen LogP contribution in [0.15, 0.2) is 36.4 Å². The quantitative estimate of drug-likeness (QED) is 0.401. The van der Waals surface area contributed by atoms with Crippen molar-refractivity contribution in [3.8, 4) is 23.0 Å². The Hall–Kier alpha value is -3.59. The molecule has 2 aromatic carbocycles. The summed E-state index contributed by atoms with van der Waals surface area (Å²) < 4.78 is 32.2. The minimum absolute atomic E-state index is 0.180. The van der Waals surface area contributed by atoms with Crippen LogP contribution in [-0.2, 0) is 30.3 Å². The average Bonchev–Trinajstić information content (AvgIpc) is 3.15. The average molecular weight is 472 g/mol. The Labute approximate surface area is 197 Å². The van der Waals surface area contributed by atoms with Gasteiger partial charge in [-0.25, -0.2) is 0 Å². The normalized spacial score (nSPS) is 18.1. The lowest BCUT2D eigenvalue weighted by Gasteiger charge is -2.25. The standard InChI is InChI=1S/C25H28O9/c1-14(26)33-19-8-6-16(11-21(19)29-3)10-18-13-32-25(28)23(18)24(31-5)17-7-9-20(34-15(2)27)22(12-17)30-4/h6-9,11-12,18,23-24H,10,13H2,1-5H3/t18-,23+,24-/m0/s1. The molecule has 1 heterocycles. The van der Waals surface area contributed by atoms with E-state index in [4.69, 9.17) is 28.4 Å². The van der Waals surface area contributed by atoms with Gasteiger partial charge in [-0.1, -0.05) is 12.1 Å². The van der Waals surface area contributed by atoms with Crippen molar-refractivity contribution in [1.82, 2.24) is 0 Å². The smallest absolute Gasteiger partial charge is 0.312 e. The molecule has 0 radical (unpaired) electrons. The van der Waals surface area contributed by atoms with E-state index in [2.05, 4.69) is 0 Å². The molecule has 2 aromatic rings. The molecule has 1 fully saturated rings. The summed E-state index contributed by atoms with van der Waals surface area (Å²) in [5.74, 6) is -0.657. The highest BCUT2D eigenvalue weighted by atomic mass is 16.6. The lowest BCUT2D eigenvalue weighted by molar-refractivity contribution is -0.145. The number of esters is 3. The topological polar surface area (TPSA) is 107 Å². The number of methoxy groups -OCH3 is 3. The third kappa shape index (κ3) is 5.66. The lowest BCUT2D eigenvalue weighted by Crippen LogP contribution is -2.27. The molecule has 0 saturated carbocycles. The van der Waals surface area contributed by atoms with Crippen LogP contribution in [0.1, 0.15) is 31.1 Å². The second-order valence-corrected chi connectivity index (χ2v) is 7.86. The summed E-state index contributed by atoms with van der Waals surface area (Å²) in [6, 6.07) is 10.3. The van der Waals surface area contributed by atoms with Crippen molar-refractivity contribution < 1.29 is 42.8 Å². The third-order valence-corrected chi connectivity index (χ3v) is 5.55. The molecule has 0 aromatic heterocycles. The van der Waals surface area contributed by atoms with Crippen LogP contribution in [0.4, 0.5) is 0 Å². The molecule has 9 heteroatoms. The molecule has 3 atom stereocenters. The first-order valence-electron chi connectivity index (χ1n) is 10.7. The zero-order valence-electron chi connectivity index (χ0n) is 19.8. The Morgan fingerprint density at radius 1 is 0.912 bits per heavy atom. The predicted octanol–water partition coefficient (Wildman–Crippen LogP) is 3.27. The zero-order chi connectivity index (χ0) is 24.8. The second kappa shape index (κ2) is 11.0. The summed E-state index contributed by atoms with van der Waals surface area (Å²) in [5, 5.41) is 0. The van der Waals surface area contributed by atoms with E-state index in [1.165, 1.54) is 35.2 Å². The lowest BCUT2D eigenvalue weighted by atomic mass is 9.82. The van der Waals surface area contributed by atoms with Crippen LogP contribution in [0.5, 0.6) is 23.0 Å². The van der Waals surface area contributed by atoms with Crippen LogP contribution in [0.25, 0.3) is 0 Å². The van der Waals surface area contributed by atoms with Gasteiger partial charge < -0.3 is 28.4 Å². The summed E-state index contributed by atoms with van der Waals surface area (Å²) in [6.45, 7) is 2.86. The highest BCUT2D eigenvalue weighted by molar-refractivity contribution is 5.76.